The molecule has 0 aromatic rings. The molecule has 0 radical (unpaired) electrons. The van der Waals surface area contributed by atoms with Crippen LogP contribution in [0.25, 0.3) is 0 Å². The van der Waals surface area contributed by atoms with Gasteiger partial charge >= 0.3 is 0 Å². The summed E-state index contributed by atoms with van der Waals surface area (Å²) < 4.78 is 10.9. The summed E-state index contributed by atoms with van der Waals surface area (Å²) in [5.74, 6) is 0.171. The van der Waals surface area contributed by atoms with Crippen molar-refractivity contribution in [1.82, 2.24) is 0 Å². The summed E-state index contributed by atoms with van der Waals surface area (Å²) in [7, 11) is 1.60. The van der Waals surface area contributed by atoms with Gasteiger partial charge in [-0.15, -0.1) is 0 Å². The highest BCUT2D eigenvalue weighted by Gasteiger charge is 2.55. The fourth-order valence-electron chi connectivity index (χ4n) is 4.06. The molecule has 0 heterocycles. The topological polar surface area (TPSA) is 59.3 Å². The van der Waals surface area contributed by atoms with E-state index in [4.69, 9.17) is 9.47 Å². The molecule has 0 saturated heterocycles. The van der Waals surface area contributed by atoms with Crippen LogP contribution in [0.5, 0.6) is 0 Å². The zero-order valence-corrected chi connectivity index (χ0v) is 12.7. The minimum Gasteiger partial charge on any atom is -0.359 e. The highest BCUT2D eigenvalue weighted by Crippen LogP contribution is 2.55. The number of carbonyl (C=O) groups excluding carboxylic acids is 1. The minimum atomic E-state index is -0.510. The van der Waals surface area contributed by atoms with Crippen LogP contribution >= 0.6 is 0 Å². The van der Waals surface area contributed by atoms with Crippen LogP contribution in [0.2, 0.25) is 0 Å². The summed E-state index contributed by atoms with van der Waals surface area (Å²) in [6, 6.07) is 2.07. The van der Waals surface area contributed by atoms with E-state index in [1.165, 1.54) is 0 Å². The molecule has 1 saturated carbocycles. The number of ketones is 1. The van der Waals surface area contributed by atoms with Crippen LogP contribution in [0, 0.1) is 28.1 Å². The number of hydrogen-bond acceptors (Lipinski definition) is 4. The number of nitrogens with zero attached hydrogens (tertiary/aromatic N) is 1. The maximum Gasteiger partial charge on any atom is 0.178 e. The molecule has 2 aliphatic carbocycles. The smallest absolute Gasteiger partial charge is 0.178 e. The van der Waals surface area contributed by atoms with Gasteiger partial charge in [0.15, 0.2) is 5.78 Å². The van der Waals surface area contributed by atoms with E-state index in [-0.39, 0.29) is 35.6 Å². The summed E-state index contributed by atoms with van der Waals surface area (Å²) in [5.41, 5.74) is -0.509. The Morgan fingerprint density at radius 1 is 1.40 bits per heavy atom. The van der Waals surface area contributed by atoms with Gasteiger partial charge < -0.3 is 9.47 Å². The lowest BCUT2D eigenvalue weighted by Gasteiger charge is -2.53. The third kappa shape index (κ3) is 2.19. The Bertz CT molecular complexity index is 475. The molecule has 0 amide bonds. The first-order chi connectivity index (χ1) is 9.37. The minimum absolute atomic E-state index is 0.00285. The number of carbonyl (C=O) groups is 1. The lowest BCUT2D eigenvalue weighted by atomic mass is 9.51. The predicted octanol–water partition coefficient (Wildman–Crippen LogP) is 2.84. The predicted molar refractivity (Wildman–Crippen MR) is 74.7 cm³/mol. The zero-order chi connectivity index (χ0) is 15.0. The van der Waals surface area contributed by atoms with Gasteiger partial charge in [-0.05, 0) is 18.8 Å². The summed E-state index contributed by atoms with van der Waals surface area (Å²) in [6.45, 7) is 6.28. The molecule has 2 aliphatic rings. The molecule has 0 aliphatic heterocycles. The van der Waals surface area contributed by atoms with Gasteiger partial charge in [0, 0.05) is 17.9 Å². The molecule has 2 rings (SSSR count). The molecule has 20 heavy (non-hydrogen) atoms. The number of allylic oxidation sites excluding steroid dienone is 1. The lowest BCUT2D eigenvalue weighted by molar-refractivity contribution is -0.157. The molecule has 3 atom stereocenters. The number of Topliss-reactive ketones (excluding diaryl/α,β-unsaturated/α-hetero) is 1. The normalized spacial score (nSPS) is 36.0. The van der Waals surface area contributed by atoms with Gasteiger partial charge in [0.1, 0.15) is 12.9 Å². The molecule has 1 fully saturated rings. The number of methoxy groups -OCH3 is 1. The maximum atomic E-state index is 12.4. The van der Waals surface area contributed by atoms with Crippen molar-refractivity contribution in [3.63, 3.8) is 0 Å². The third-order valence-corrected chi connectivity index (χ3v) is 5.07. The number of nitriles is 1. The fraction of sp³-hybridized carbons (Fsp3) is 0.750. The molecule has 0 N–H and O–H groups in total. The van der Waals surface area contributed by atoms with E-state index in [9.17, 15) is 10.1 Å². The fourth-order valence-corrected chi connectivity index (χ4v) is 4.06. The van der Waals surface area contributed by atoms with Crippen LogP contribution in [0.15, 0.2) is 11.6 Å². The van der Waals surface area contributed by atoms with Gasteiger partial charge in [0.25, 0.3) is 0 Å². The van der Waals surface area contributed by atoms with Crippen LogP contribution in [0.4, 0.5) is 0 Å². The molecule has 4 nitrogen and oxygen atoms in total. The molecule has 0 bridgehead atoms. The van der Waals surface area contributed by atoms with Gasteiger partial charge in [0.05, 0.1) is 11.7 Å². The first-order valence-electron chi connectivity index (χ1n) is 7.16. The average Bonchev–Trinajstić information content (AvgIpc) is 2.41. The van der Waals surface area contributed by atoms with Crippen molar-refractivity contribution in [3.05, 3.63) is 11.6 Å². The molecular weight excluding hydrogens is 254 g/mol. The molecule has 0 unspecified atom stereocenters. The van der Waals surface area contributed by atoms with Gasteiger partial charge in [-0.1, -0.05) is 33.3 Å². The average molecular weight is 277 g/mol. The van der Waals surface area contributed by atoms with E-state index in [0.717, 1.165) is 19.3 Å². The number of rotatable bonds is 3. The Hall–Kier alpha value is -1.18. The molecule has 0 aromatic heterocycles. The van der Waals surface area contributed by atoms with E-state index >= 15 is 0 Å². The quantitative estimate of drug-likeness (QED) is 0.744. The monoisotopic (exact) mass is 277 g/mol. The Labute approximate surface area is 120 Å². The molecule has 110 valence electrons. The van der Waals surface area contributed by atoms with Crippen LogP contribution in [0.3, 0.4) is 0 Å². The highest BCUT2D eigenvalue weighted by molar-refractivity contribution is 6.04. The lowest BCUT2D eigenvalue weighted by Crippen LogP contribution is -2.54. The maximum absolute atomic E-state index is 12.4. The van der Waals surface area contributed by atoms with E-state index in [1.54, 1.807) is 7.11 Å². The number of hydrogen-bond donors (Lipinski definition) is 0. The van der Waals surface area contributed by atoms with Gasteiger partial charge in [-0.3, -0.25) is 4.79 Å². The largest absolute Gasteiger partial charge is 0.359 e. The van der Waals surface area contributed by atoms with E-state index in [2.05, 4.69) is 13.0 Å². The van der Waals surface area contributed by atoms with Crippen molar-refractivity contribution >= 4 is 5.78 Å². The van der Waals surface area contributed by atoms with E-state index < -0.39 is 5.41 Å². The van der Waals surface area contributed by atoms with Crippen LogP contribution in [-0.2, 0) is 14.3 Å². The van der Waals surface area contributed by atoms with Crippen molar-refractivity contribution in [2.45, 2.75) is 46.1 Å². The number of ether oxygens (including phenoxy) is 2. The van der Waals surface area contributed by atoms with Crippen LogP contribution in [-0.4, -0.2) is 25.8 Å². The Kier molecular flexibility index (Phi) is 4.04. The van der Waals surface area contributed by atoms with Crippen molar-refractivity contribution in [1.29, 1.82) is 5.26 Å². The number of fused-ring (bicyclic) bond motifs is 1. The Balaban J connectivity index is 2.44. The van der Waals surface area contributed by atoms with Crippen LogP contribution < -0.4 is 0 Å². The molecular formula is C16H23NO3. The van der Waals surface area contributed by atoms with Gasteiger partial charge in [0.2, 0.25) is 0 Å². The van der Waals surface area contributed by atoms with E-state index in [0.29, 0.717) is 0 Å². The van der Waals surface area contributed by atoms with E-state index in [1.807, 2.05) is 19.9 Å². The Morgan fingerprint density at radius 3 is 2.70 bits per heavy atom. The summed E-state index contributed by atoms with van der Waals surface area (Å²) in [6.07, 6.45) is 4.83. The summed E-state index contributed by atoms with van der Waals surface area (Å²) in [4.78, 5) is 12.4. The van der Waals surface area contributed by atoms with Gasteiger partial charge in [-0.2, -0.15) is 5.26 Å². The highest BCUT2D eigenvalue weighted by atomic mass is 16.7. The van der Waals surface area contributed by atoms with Gasteiger partial charge in [-0.25, -0.2) is 0 Å². The Morgan fingerprint density at radius 2 is 2.10 bits per heavy atom. The van der Waals surface area contributed by atoms with Crippen LogP contribution in [0.1, 0.15) is 40.0 Å². The molecule has 0 spiro atoms. The van der Waals surface area contributed by atoms with Crippen molar-refractivity contribution in [3.8, 4) is 6.07 Å². The third-order valence-electron chi connectivity index (χ3n) is 5.07. The molecule has 0 aromatic carbocycles. The van der Waals surface area contributed by atoms with Crippen molar-refractivity contribution in [2.24, 2.45) is 16.7 Å². The zero-order valence-electron chi connectivity index (χ0n) is 12.7. The second-order valence-corrected chi connectivity index (χ2v) is 6.63. The van der Waals surface area contributed by atoms with Crippen molar-refractivity contribution < 1.29 is 14.3 Å². The second-order valence-electron chi connectivity index (χ2n) is 6.63. The summed E-state index contributed by atoms with van der Waals surface area (Å²) in [5, 5.41) is 9.26. The second kappa shape index (κ2) is 5.31. The standard InChI is InChI=1S/C16H23NO3/c1-15(2)12-6-5-7-13(20-10-19-4)16(12,3)8-11(9-17)14(15)18/h8,12-13H,5-7,10H2,1-4H3/t12-,13-,16-/m0/s1. The summed E-state index contributed by atoms with van der Waals surface area (Å²) >= 11 is 0. The molecule has 4 heteroatoms. The SMILES string of the molecule is COCO[C@H]1CCC[C@H]2C(C)(C)C(=O)C(C#N)=C[C@]12C. The first kappa shape index (κ1) is 15.2. The van der Waals surface area contributed by atoms with Crippen molar-refractivity contribution in [2.75, 3.05) is 13.9 Å². The first-order valence-corrected chi connectivity index (χ1v) is 7.16.